The van der Waals surface area contributed by atoms with Crippen molar-refractivity contribution in [2.45, 2.75) is 18.8 Å². The summed E-state index contributed by atoms with van der Waals surface area (Å²) < 4.78 is 0. The van der Waals surface area contributed by atoms with Crippen LogP contribution < -0.4 is 5.73 Å². The first kappa shape index (κ1) is 16.1. The molecule has 1 saturated heterocycles. The smallest absolute Gasteiger partial charge is 0.324 e. The first-order valence-corrected chi connectivity index (χ1v) is 8.15. The van der Waals surface area contributed by atoms with Crippen LogP contribution in [0, 0.1) is 10.1 Å². The number of likely N-dealkylation sites (tertiary alicyclic amines) is 1. The minimum absolute atomic E-state index is 0.0588. The molecule has 0 aromatic carbocycles. The second-order valence-corrected chi connectivity index (χ2v) is 6.61. The third kappa shape index (κ3) is 3.00. The molecule has 2 aromatic heterocycles. The fourth-order valence-electron chi connectivity index (χ4n) is 2.90. The fraction of sp³-hybridized carbons (Fsp3) is 0.357. The van der Waals surface area contributed by atoms with Gasteiger partial charge in [0.05, 0.1) is 27.3 Å². The Morgan fingerprint density at radius 1 is 1.46 bits per heavy atom. The molecule has 126 valence electrons. The van der Waals surface area contributed by atoms with Crippen LogP contribution in [0.25, 0.3) is 0 Å². The molecule has 0 radical (unpaired) electrons. The Bertz CT molecular complexity index is 799. The van der Waals surface area contributed by atoms with E-state index in [9.17, 15) is 19.7 Å². The van der Waals surface area contributed by atoms with Crippen molar-refractivity contribution in [2.24, 2.45) is 5.73 Å². The zero-order chi connectivity index (χ0) is 17.3. The van der Waals surface area contributed by atoms with Crippen LogP contribution in [0.3, 0.4) is 0 Å². The first-order chi connectivity index (χ1) is 11.5. The van der Waals surface area contributed by atoms with Gasteiger partial charge in [-0.3, -0.25) is 24.8 Å². The van der Waals surface area contributed by atoms with Crippen molar-refractivity contribution >= 4 is 28.2 Å². The number of nitrogens with one attached hydrogen (secondary N) is 1. The molecule has 0 unspecified atom stereocenters. The maximum absolute atomic E-state index is 12.6. The maximum Gasteiger partial charge on any atom is 0.324 e. The van der Waals surface area contributed by atoms with E-state index in [1.165, 1.54) is 18.3 Å². The number of carbonyl (C=O) groups is 2. The SMILES string of the molecule is NC(=O)c1cn[nH]c1[C@@H]1CCCN(C(=O)c2ccc([N+](=O)[O-])s2)C1. The molecule has 3 N–H and O–H groups in total. The molecule has 1 aliphatic heterocycles. The molecule has 0 bridgehead atoms. The van der Waals surface area contributed by atoms with Gasteiger partial charge in [0.25, 0.3) is 11.8 Å². The highest BCUT2D eigenvalue weighted by atomic mass is 32.1. The van der Waals surface area contributed by atoms with E-state index in [0.717, 1.165) is 24.2 Å². The molecule has 0 aliphatic carbocycles. The summed E-state index contributed by atoms with van der Waals surface area (Å²) in [5, 5.41) is 17.4. The molecule has 3 heterocycles. The number of primary amides is 1. The van der Waals surface area contributed by atoms with E-state index in [1.54, 1.807) is 4.90 Å². The lowest BCUT2D eigenvalue weighted by atomic mass is 9.92. The van der Waals surface area contributed by atoms with Gasteiger partial charge in [-0.25, -0.2) is 0 Å². The summed E-state index contributed by atoms with van der Waals surface area (Å²) in [5.74, 6) is -0.864. The molecule has 1 atom stereocenters. The number of nitrogens with two attached hydrogens (primary N) is 1. The number of carbonyl (C=O) groups excluding carboxylic acids is 2. The monoisotopic (exact) mass is 349 g/mol. The number of hydrogen-bond acceptors (Lipinski definition) is 6. The standard InChI is InChI=1S/C14H15N5O4S/c15-13(20)9-6-16-17-12(9)8-2-1-5-18(7-8)14(21)10-3-4-11(24-10)19(22)23/h3-4,6,8H,1-2,5,7H2,(H2,15,20)(H,16,17)/t8-/m1/s1. The normalized spacial score (nSPS) is 17.7. The molecular formula is C14H15N5O4S. The van der Waals surface area contributed by atoms with Crippen LogP contribution in [0.15, 0.2) is 18.3 Å². The Hall–Kier alpha value is -2.75. The molecule has 24 heavy (non-hydrogen) atoms. The lowest BCUT2D eigenvalue weighted by molar-refractivity contribution is -0.380. The summed E-state index contributed by atoms with van der Waals surface area (Å²) in [5.41, 5.74) is 6.31. The average Bonchev–Trinajstić information content (AvgIpc) is 3.23. The predicted molar refractivity (Wildman–Crippen MR) is 86.0 cm³/mol. The van der Waals surface area contributed by atoms with E-state index >= 15 is 0 Å². The van der Waals surface area contributed by atoms with Gasteiger partial charge in [-0.1, -0.05) is 11.3 Å². The lowest BCUT2D eigenvalue weighted by Crippen LogP contribution is -2.39. The molecule has 9 nitrogen and oxygen atoms in total. The first-order valence-electron chi connectivity index (χ1n) is 7.34. The quantitative estimate of drug-likeness (QED) is 0.637. The van der Waals surface area contributed by atoms with Gasteiger partial charge in [-0.15, -0.1) is 0 Å². The number of nitro groups is 1. The molecule has 0 spiro atoms. The Balaban J connectivity index is 1.77. The molecule has 3 rings (SSSR count). The second kappa shape index (κ2) is 6.40. The number of hydrogen-bond donors (Lipinski definition) is 2. The fourth-order valence-corrected chi connectivity index (χ4v) is 3.69. The van der Waals surface area contributed by atoms with Gasteiger partial charge < -0.3 is 10.6 Å². The van der Waals surface area contributed by atoms with Gasteiger partial charge in [0.15, 0.2) is 0 Å². The maximum atomic E-state index is 12.6. The molecule has 10 heteroatoms. The van der Waals surface area contributed by atoms with Crippen LogP contribution >= 0.6 is 11.3 Å². The summed E-state index contributed by atoms with van der Waals surface area (Å²) in [7, 11) is 0. The molecule has 1 aliphatic rings. The predicted octanol–water partition coefficient (Wildman–Crippen LogP) is 1.50. The summed E-state index contributed by atoms with van der Waals surface area (Å²) in [4.78, 5) is 36.2. The van der Waals surface area contributed by atoms with E-state index in [1.807, 2.05) is 0 Å². The van der Waals surface area contributed by atoms with Gasteiger partial charge in [0.1, 0.15) is 0 Å². The van der Waals surface area contributed by atoms with E-state index in [2.05, 4.69) is 10.2 Å². The van der Waals surface area contributed by atoms with Crippen molar-refractivity contribution in [3.63, 3.8) is 0 Å². The Morgan fingerprint density at radius 3 is 2.92 bits per heavy atom. The van der Waals surface area contributed by atoms with E-state index in [0.29, 0.717) is 29.2 Å². The zero-order valence-electron chi connectivity index (χ0n) is 12.6. The van der Waals surface area contributed by atoms with Gasteiger partial charge in [-0.05, 0) is 18.9 Å². The van der Waals surface area contributed by atoms with Crippen molar-refractivity contribution in [2.75, 3.05) is 13.1 Å². The van der Waals surface area contributed by atoms with Crippen molar-refractivity contribution < 1.29 is 14.5 Å². The second-order valence-electron chi connectivity index (χ2n) is 5.55. The van der Waals surface area contributed by atoms with E-state index < -0.39 is 10.8 Å². The Labute approximate surface area is 140 Å². The molecule has 1 fully saturated rings. The van der Waals surface area contributed by atoms with Crippen LogP contribution in [0.4, 0.5) is 5.00 Å². The third-order valence-corrected chi connectivity index (χ3v) is 5.06. The molecular weight excluding hydrogens is 334 g/mol. The number of aromatic amines is 1. The number of rotatable bonds is 4. The minimum Gasteiger partial charge on any atom is -0.365 e. The van der Waals surface area contributed by atoms with E-state index in [-0.39, 0.29) is 16.8 Å². The van der Waals surface area contributed by atoms with Gasteiger partial charge in [0, 0.05) is 25.1 Å². The Kier molecular flexibility index (Phi) is 4.30. The summed E-state index contributed by atoms with van der Waals surface area (Å²) in [6, 6.07) is 2.80. The largest absolute Gasteiger partial charge is 0.365 e. The number of piperidine rings is 1. The highest BCUT2D eigenvalue weighted by Gasteiger charge is 2.30. The lowest BCUT2D eigenvalue weighted by Gasteiger charge is -2.32. The van der Waals surface area contributed by atoms with Crippen LogP contribution in [-0.4, -0.2) is 44.9 Å². The minimum atomic E-state index is -0.559. The molecule has 2 amide bonds. The molecule has 0 saturated carbocycles. The van der Waals surface area contributed by atoms with E-state index in [4.69, 9.17) is 5.73 Å². The summed E-state index contributed by atoms with van der Waals surface area (Å²) in [6.07, 6.45) is 2.96. The highest BCUT2D eigenvalue weighted by Crippen LogP contribution is 2.30. The molecule has 2 aromatic rings. The number of aromatic nitrogens is 2. The van der Waals surface area contributed by atoms with Gasteiger partial charge in [-0.2, -0.15) is 5.10 Å². The van der Waals surface area contributed by atoms with Gasteiger partial charge >= 0.3 is 5.00 Å². The van der Waals surface area contributed by atoms with Crippen LogP contribution in [0.1, 0.15) is 44.5 Å². The third-order valence-electron chi connectivity index (χ3n) is 4.03. The van der Waals surface area contributed by atoms with Crippen molar-refractivity contribution in [3.8, 4) is 0 Å². The summed E-state index contributed by atoms with van der Waals surface area (Å²) >= 11 is 0.865. The number of amides is 2. The van der Waals surface area contributed by atoms with Crippen molar-refractivity contribution in [3.05, 3.63) is 44.6 Å². The highest BCUT2D eigenvalue weighted by molar-refractivity contribution is 7.17. The zero-order valence-corrected chi connectivity index (χ0v) is 13.4. The average molecular weight is 349 g/mol. The van der Waals surface area contributed by atoms with Crippen LogP contribution in [0.2, 0.25) is 0 Å². The number of H-pyrrole nitrogens is 1. The van der Waals surface area contributed by atoms with Crippen molar-refractivity contribution in [1.82, 2.24) is 15.1 Å². The van der Waals surface area contributed by atoms with Crippen LogP contribution in [-0.2, 0) is 0 Å². The van der Waals surface area contributed by atoms with Gasteiger partial charge in [0.2, 0.25) is 0 Å². The van der Waals surface area contributed by atoms with Crippen LogP contribution in [0.5, 0.6) is 0 Å². The topological polar surface area (TPSA) is 135 Å². The van der Waals surface area contributed by atoms with Crippen molar-refractivity contribution in [1.29, 1.82) is 0 Å². The Morgan fingerprint density at radius 2 is 2.25 bits per heavy atom. The number of nitrogens with zero attached hydrogens (tertiary/aromatic N) is 3. The number of thiophene rings is 1. The summed E-state index contributed by atoms with van der Waals surface area (Å²) in [6.45, 7) is 0.980.